The van der Waals surface area contributed by atoms with Gasteiger partial charge in [-0.05, 0) is 48.9 Å². The monoisotopic (exact) mass is 489 g/mol. The highest BCUT2D eigenvalue weighted by Gasteiger charge is 2.18. The van der Waals surface area contributed by atoms with Gasteiger partial charge in [-0.2, -0.15) is 5.26 Å². The van der Waals surface area contributed by atoms with E-state index in [1.165, 1.54) is 23.8 Å². The van der Waals surface area contributed by atoms with E-state index in [4.69, 9.17) is 21.6 Å². The minimum atomic E-state index is -0.554. The van der Waals surface area contributed by atoms with Crippen molar-refractivity contribution in [2.45, 2.75) is 25.9 Å². The zero-order valence-electron chi connectivity index (χ0n) is 18.9. The van der Waals surface area contributed by atoms with Gasteiger partial charge in [0, 0.05) is 46.8 Å². The van der Waals surface area contributed by atoms with Crippen molar-refractivity contribution in [3.8, 4) is 17.5 Å². The van der Waals surface area contributed by atoms with Gasteiger partial charge in [0.2, 0.25) is 0 Å². The van der Waals surface area contributed by atoms with E-state index in [1.54, 1.807) is 29.1 Å². The molecule has 35 heavy (non-hydrogen) atoms. The topological polar surface area (TPSA) is 77.8 Å². The molecule has 0 spiro atoms. The molecule has 5 rings (SSSR count). The van der Waals surface area contributed by atoms with E-state index in [0.717, 1.165) is 16.6 Å². The Morgan fingerprint density at radius 3 is 2.71 bits per heavy atom. The first-order valence-corrected chi connectivity index (χ1v) is 11.4. The highest BCUT2D eigenvalue weighted by Crippen LogP contribution is 2.27. The van der Waals surface area contributed by atoms with Gasteiger partial charge < -0.3 is 9.30 Å². The van der Waals surface area contributed by atoms with E-state index in [1.807, 2.05) is 24.3 Å². The molecule has 176 valence electrons. The fourth-order valence-corrected chi connectivity index (χ4v) is 4.65. The molecule has 0 amide bonds. The number of methoxy groups -OCH3 is 1. The van der Waals surface area contributed by atoms with Crippen molar-refractivity contribution < 1.29 is 9.13 Å². The summed E-state index contributed by atoms with van der Waals surface area (Å²) in [6.07, 6.45) is 4.34. The lowest BCUT2D eigenvalue weighted by Crippen LogP contribution is -2.24. The number of hydrogen-bond acceptors (Lipinski definition) is 4. The summed E-state index contributed by atoms with van der Waals surface area (Å²) < 4.78 is 24.7. The summed E-state index contributed by atoms with van der Waals surface area (Å²) in [5.41, 5.74) is 3.19. The maximum absolute atomic E-state index is 14.5. The number of benzene rings is 2. The zero-order chi connectivity index (χ0) is 24.5. The lowest BCUT2D eigenvalue weighted by atomic mass is 10.2. The Labute approximate surface area is 205 Å². The number of rotatable bonds is 7. The molecule has 0 saturated carbocycles. The van der Waals surface area contributed by atoms with Gasteiger partial charge in [0.15, 0.2) is 11.6 Å². The van der Waals surface area contributed by atoms with Gasteiger partial charge in [0.25, 0.3) is 0 Å². The first kappa shape index (κ1) is 22.7. The summed E-state index contributed by atoms with van der Waals surface area (Å²) in [6, 6.07) is 16.0. The van der Waals surface area contributed by atoms with Crippen molar-refractivity contribution in [2.24, 2.45) is 0 Å². The molecule has 0 saturated heterocycles. The molecule has 3 heterocycles. The number of fused-ring (bicyclic) bond motifs is 2. The second-order valence-electron chi connectivity index (χ2n) is 8.14. The lowest BCUT2D eigenvalue weighted by molar-refractivity contribution is 0.386. The van der Waals surface area contributed by atoms with Crippen LogP contribution in [0.4, 0.5) is 4.39 Å². The number of nitrogens with zero attached hydrogens (tertiary/aromatic N) is 5. The van der Waals surface area contributed by atoms with Crippen molar-refractivity contribution in [1.29, 1.82) is 5.26 Å². The first-order valence-electron chi connectivity index (χ1n) is 11.1. The first-order chi connectivity index (χ1) is 17.0. The number of halogens is 2. The second-order valence-corrected chi connectivity index (χ2v) is 8.58. The van der Waals surface area contributed by atoms with E-state index < -0.39 is 5.82 Å². The largest absolute Gasteiger partial charge is 0.494 e. The third-order valence-electron chi connectivity index (χ3n) is 6.06. The highest BCUT2D eigenvalue weighted by molar-refractivity contribution is 6.31. The van der Waals surface area contributed by atoms with E-state index in [2.05, 4.69) is 15.6 Å². The lowest BCUT2D eigenvalue weighted by Gasteiger charge is -2.11. The Morgan fingerprint density at radius 2 is 1.94 bits per heavy atom. The Hall–Kier alpha value is -4.09. The van der Waals surface area contributed by atoms with Crippen LogP contribution in [-0.2, 0) is 13.1 Å². The Kier molecular flexibility index (Phi) is 6.01. The number of aryl methyl sites for hydroxylation is 1. The quantitative estimate of drug-likeness (QED) is 0.291. The Morgan fingerprint density at radius 1 is 1.09 bits per heavy atom. The maximum Gasteiger partial charge on any atom is 0.334 e. The number of ether oxygens (including phenoxy) is 1. The minimum absolute atomic E-state index is 0.104. The Bertz CT molecular complexity index is 1660. The van der Waals surface area contributed by atoms with Gasteiger partial charge in [0.1, 0.15) is 0 Å². The number of pyridine rings is 1. The van der Waals surface area contributed by atoms with Crippen LogP contribution in [0.5, 0.6) is 5.75 Å². The predicted octanol–water partition coefficient (Wildman–Crippen LogP) is 5.30. The average molecular weight is 490 g/mol. The van der Waals surface area contributed by atoms with Gasteiger partial charge in [0.05, 0.1) is 42.6 Å². The number of nitriles is 1. The van der Waals surface area contributed by atoms with Crippen LogP contribution in [0.15, 0.2) is 65.7 Å². The SMILES string of the molecule is COc1ccc(-n2c(=O)n(Cc3cc4cc(Cl)ccc4n3CCCC#N)c3cnccc32)cc1F. The van der Waals surface area contributed by atoms with Gasteiger partial charge >= 0.3 is 5.69 Å². The standard InChI is InChI=1S/C26H21ClFN5O2/c1-35-25-7-5-19(14-21(25)28)33-23-8-10-30-15-24(23)32(26(33)34)16-20-13-17-12-18(27)4-6-22(17)31(20)11-3-2-9-29/h4-8,10,12-15H,2-3,11,16H2,1H3. The number of aromatic nitrogens is 4. The molecule has 0 radical (unpaired) electrons. The third-order valence-corrected chi connectivity index (χ3v) is 6.30. The molecule has 0 aliphatic carbocycles. The molecule has 0 atom stereocenters. The van der Waals surface area contributed by atoms with E-state index in [0.29, 0.717) is 41.1 Å². The molecule has 0 aliphatic heterocycles. The fraction of sp³-hybridized carbons (Fsp3) is 0.192. The minimum Gasteiger partial charge on any atom is -0.494 e. The summed E-state index contributed by atoms with van der Waals surface area (Å²) in [4.78, 5) is 17.9. The zero-order valence-corrected chi connectivity index (χ0v) is 19.7. The molecule has 0 unspecified atom stereocenters. The van der Waals surface area contributed by atoms with Crippen LogP contribution in [0.3, 0.4) is 0 Å². The average Bonchev–Trinajstić information content (AvgIpc) is 3.33. The smallest absolute Gasteiger partial charge is 0.334 e. The molecule has 7 nitrogen and oxygen atoms in total. The summed E-state index contributed by atoms with van der Waals surface area (Å²) in [5.74, 6) is -0.450. The van der Waals surface area contributed by atoms with Crippen LogP contribution in [0.1, 0.15) is 18.5 Å². The molecule has 9 heteroatoms. The van der Waals surface area contributed by atoms with Gasteiger partial charge in [-0.3, -0.25) is 14.1 Å². The number of hydrogen-bond donors (Lipinski definition) is 0. The van der Waals surface area contributed by atoms with Crippen molar-refractivity contribution >= 4 is 33.5 Å². The van der Waals surface area contributed by atoms with Crippen molar-refractivity contribution in [3.05, 3.63) is 87.9 Å². The third kappa shape index (κ3) is 4.04. The molecule has 0 bridgehead atoms. The van der Waals surface area contributed by atoms with Crippen LogP contribution >= 0.6 is 11.6 Å². The fourth-order valence-electron chi connectivity index (χ4n) is 4.47. The van der Waals surface area contributed by atoms with Gasteiger partial charge in [-0.1, -0.05) is 11.6 Å². The van der Waals surface area contributed by atoms with E-state index in [9.17, 15) is 9.18 Å². The van der Waals surface area contributed by atoms with Gasteiger partial charge in [-0.25, -0.2) is 9.18 Å². The molecule has 3 aromatic heterocycles. The molecular weight excluding hydrogens is 469 g/mol. The summed E-state index contributed by atoms with van der Waals surface area (Å²) in [6.45, 7) is 0.898. The normalized spacial score (nSPS) is 11.3. The predicted molar refractivity (Wildman–Crippen MR) is 133 cm³/mol. The highest BCUT2D eigenvalue weighted by atomic mass is 35.5. The summed E-state index contributed by atoms with van der Waals surface area (Å²) in [5, 5.41) is 10.6. The number of imidazole rings is 1. The van der Waals surface area contributed by atoms with Crippen LogP contribution in [0.25, 0.3) is 27.6 Å². The summed E-state index contributed by atoms with van der Waals surface area (Å²) >= 11 is 6.22. The second kappa shape index (κ2) is 9.28. The van der Waals surface area contributed by atoms with E-state index in [-0.39, 0.29) is 18.0 Å². The van der Waals surface area contributed by atoms with Crippen LogP contribution in [-0.4, -0.2) is 25.8 Å². The van der Waals surface area contributed by atoms with E-state index >= 15 is 0 Å². The molecule has 0 aliphatic rings. The molecular formula is C26H21ClFN5O2. The summed E-state index contributed by atoms with van der Waals surface area (Å²) in [7, 11) is 1.39. The molecule has 5 aromatic rings. The molecule has 0 N–H and O–H groups in total. The molecule has 0 fully saturated rings. The Balaban J connectivity index is 1.66. The molecule has 2 aromatic carbocycles. The van der Waals surface area contributed by atoms with Gasteiger partial charge in [-0.15, -0.1) is 0 Å². The van der Waals surface area contributed by atoms with Crippen molar-refractivity contribution in [3.63, 3.8) is 0 Å². The van der Waals surface area contributed by atoms with Crippen LogP contribution in [0.2, 0.25) is 5.02 Å². The maximum atomic E-state index is 14.5. The number of unbranched alkanes of at least 4 members (excludes halogenated alkanes) is 1. The van der Waals surface area contributed by atoms with Crippen LogP contribution in [0, 0.1) is 17.1 Å². The van der Waals surface area contributed by atoms with Crippen molar-refractivity contribution in [1.82, 2.24) is 18.7 Å². The van der Waals surface area contributed by atoms with Crippen LogP contribution < -0.4 is 10.4 Å². The van der Waals surface area contributed by atoms with Crippen molar-refractivity contribution in [2.75, 3.05) is 7.11 Å².